The summed E-state index contributed by atoms with van der Waals surface area (Å²) in [6, 6.07) is 15.4. The van der Waals surface area contributed by atoms with Crippen LogP contribution in [0, 0.1) is 6.92 Å². The van der Waals surface area contributed by atoms with Crippen molar-refractivity contribution < 1.29 is 9.84 Å². The van der Waals surface area contributed by atoms with Crippen molar-refractivity contribution in [3.8, 4) is 5.69 Å². The molecular formula is C24H27N3O2. The van der Waals surface area contributed by atoms with E-state index in [1.54, 1.807) is 6.20 Å². The molecule has 1 fully saturated rings. The lowest BCUT2D eigenvalue weighted by Crippen LogP contribution is -2.38. The van der Waals surface area contributed by atoms with Gasteiger partial charge in [0.05, 0.1) is 5.69 Å². The van der Waals surface area contributed by atoms with Gasteiger partial charge in [0.25, 0.3) is 0 Å². The number of rotatable bonds is 4. The number of ether oxygens (including phenoxy) is 1. The number of aliphatic hydroxyl groups excluding tert-OH is 1. The van der Waals surface area contributed by atoms with Crippen molar-refractivity contribution in [2.24, 2.45) is 0 Å². The van der Waals surface area contributed by atoms with E-state index in [9.17, 15) is 5.11 Å². The molecule has 0 aliphatic carbocycles. The maximum absolute atomic E-state index is 11.0. The topological polar surface area (TPSA) is 50.5 Å². The Morgan fingerprint density at radius 1 is 1.14 bits per heavy atom. The summed E-state index contributed by atoms with van der Waals surface area (Å²) in [6.07, 6.45) is 6.10. The molecule has 3 aromatic rings. The van der Waals surface area contributed by atoms with Gasteiger partial charge in [0.15, 0.2) is 0 Å². The predicted molar refractivity (Wildman–Crippen MR) is 112 cm³/mol. The van der Waals surface area contributed by atoms with E-state index in [2.05, 4.69) is 53.3 Å². The van der Waals surface area contributed by atoms with Gasteiger partial charge in [0.1, 0.15) is 6.23 Å². The van der Waals surface area contributed by atoms with E-state index in [-0.39, 0.29) is 0 Å². The van der Waals surface area contributed by atoms with Crippen molar-refractivity contribution in [2.45, 2.75) is 45.0 Å². The lowest BCUT2D eigenvalue weighted by molar-refractivity contribution is -0.0522. The lowest BCUT2D eigenvalue weighted by Gasteiger charge is -2.33. The maximum atomic E-state index is 11.0. The van der Waals surface area contributed by atoms with Crippen molar-refractivity contribution in [1.29, 1.82) is 0 Å². The van der Waals surface area contributed by atoms with Gasteiger partial charge >= 0.3 is 0 Å². The van der Waals surface area contributed by atoms with Gasteiger partial charge in [0, 0.05) is 43.8 Å². The SMILES string of the molecule is Cc1cc2c(cc1Cc1ccc(-n3cccn3)cc1)C(O)N(C1CCOCC1)C2. The molecule has 3 heterocycles. The summed E-state index contributed by atoms with van der Waals surface area (Å²) in [4.78, 5) is 2.25. The van der Waals surface area contributed by atoms with E-state index in [0.717, 1.165) is 50.3 Å². The molecule has 1 N–H and O–H groups in total. The monoisotopic (exact) mass is 389 g/mol. The molecule has 5 heteroatoms. The van der Waals surface area contributed by atoms with Gasteiger partial charge in [-0.15, -0.1) is 0 Å². The van der Waals surface area contributed by atoms with Crippen LogP contribution in [0.2, 0.25) is 0 Å². The highest BCUT2D eigenvalue weighted by atomic mass is 16.5. The minimum atomic E-state index is -0.505. The largest absolute Gasteiger partial charge is 0.381 e. The van der Waals surface area contributed by atoms with Crippen LogP contribution in [0.15, 0.2) is 54.9 Å². The molecule has 1 unspecified atom stereocenters. The summed E-state index contributed by atoms with van der Waals surface area (Å²) in [7, 11) is 0. The first-order chi connectivity index (χ1) is 14.2. The van der Waals surface area contributed by atoms with Crippen molar-refractivity contribution >= 4 is 0 Å². The molecule has 0 bridgehead atoms. The van der Waals surface area contributed by atoms with Gasteiger partial charge in [-0.05, 0) is 66.6 Å². The fourth-order valence-electron chi connectivity index (χ4n) is 4.61. The molecule has 5 rings (SSSR count). The molecule has 29 heavy (non-hydrogen) atoms. The number of aliphatic hydroxyl groups is 1. The van der Waals surface area contributed by atoms with Crippen molar-refractivity contribution in [1.82, 2.24) is 14.7 Å². The lowest BCUT2D eigenvalue weighted by atomic mass is 9.95. The molecule has 0 amide bonds. The van der Waals surface area contributed by atoms with E-state index in [1.165, 1.54) is 22.3 Å². The van der Waals surface area contributed by atoms with Gasteiger partial charge < -0.3 is 9.84 Å². The second-order valence-corrected chi connectivity index (χ2v) is 8.16. The molecule has 0 radical (unpaired) electrons. The summed E-state index contributed by atoms with van der Waals surface area (Å²) in [5, 5.41) is 15.3. The quantitative estimate of drug-likeness (QED) is 0.738. The molecule has 0 spiro atoms. The van der Waals surface area contributed by atoms with E-state index in [4.69, 9.17) is 4.74 Å². The molecule has 1 aromatic heterocycles. The predicted octanol–water partition coefficient (Wildman–Crippen LogP) is 3.76. The fourth-order valence-corrected chi connectivity index (χ4v) is 4.61. The standard InChI is InChI=1S/C24H27N3O2/c1-17-13-20-16-26(21-7-11-29-12-8-21)24(28)23(20)15-19(17)14-18-3-5-22(6-4-18)27-10-2-9-25-27/h2-6,9-10,13,15,21,24,28H,7-8,11-12,14,16H2,1H3. The minimum Gasteiger partial charge on any atom is -0.381 e. The molecule has 2 aliphatic rings. The fraction of sp³-hybridized carbons (Fsp3) is 0.375. The Labute approximate surface area is 171 Å². The van der Waals surface area contributed by atoms with Gasteiger partial charge in [-0.3, -0.25) is 4.90 Å². The molecule has 150 valence electrons. The zero-order chi connectivity index (χ0) is 19.8. The van der Waals surface area contributed by atoms with Gasteiger partial charge in [-0.25, -0.2) is 4.68 Å². The number of hydrogen-bond donors (Lipinski definition) is 1. The maximum Gasteiger partial charge on any atom is 0.134 e. The summed E-state index contributed by atoms with van der Waals surface area (Å²) >= 11 is 0. The van der Waals surface area contributed by atoms with Crippen LogP contribution < -0.4 is 0 Å². The zero-order valence-corrected chi connectivity index (χ0v) is 16.8. The first-order valence-corrected chi connectivity index (χ1v) is 10.4. The first kappa shape index (κ1) is 18.6. The Kier molecular flexibility index (Phi) is 4.96. The van der Waals surface area contributed by atoms with Crippen molar-refractivity contribution in [3.05, 3.63) is 82.7 Å². The van der Waals surface area contributed by atoms with E-state index < -0.39 is 6.23 Å². The number of hydrogen-bond acceptors (Lipinski definition) is 4. The van der Waals surface area contributed by atoms with Crippen LogP contribution in [0.25, 0.3) is 5.69 Å². The van der Waals surface area contributed by atoms with E-state index >= 15 is 0 Å². The smallest absolute Gasteiger partial charge is 0.134 e. The Bertz CT molecular complexity index is 976. The number of aromatic nitrogens is 2. The summed E-state index contributed by atoms with van der Waals surface area (Å²) in [5.41, 5.74) is 7.23. The molecule has 0 saturated carbocycles. The number of fused-ring (bicyclic) bond motifs is 1. The van der Waals surface area contributed by atoms with Crippen LogP contribution >= 0.6 is 0 Å². The third-order valence-electron chi connectivity index (χ3n) is 6.30. The van der Waals surface area contributed by atoms with Crippen molar-refractivity contribution in [2.75, 3.05) is 13.2 Å². The van der Waals surface area contributed by atoms with Gasteiger partial charge in [-0.2, -0.15) is 5.10 Å². The summed E-state index contributed by atoms with van der Waals surface area (Å²) < 4.78 is 7.36. The zero-order valence-electron chi connectivity index (χ0n) is 16.8. The summed E-state index contributed by atoms with van der Waals surface area (Å²) in [5.74, 6) is 0. The van der Waals surface area contributed by atoms with Crippen LogP contribution in [-0.2, 0) is 17.7 Å². The second kappa shape index (κ2) is 7.75. The summed E-state index contributed by atoms with van der Waals surface area (Å²) in [6.45, 7) is 4.60. The average molecular weight is 389 g/mol. The van der Waals surface area contributed by atoms with E-state index in [0.29, 0.717) is 6.04 Å². The molecule has 2 aliphatic heterocycles. The Morgan fingerprint density at radius 2 is 1.93 bits per heavy atom. The van der Waals surface area contributed by atoms with Gasteiger partial charge in [-0.1, -0.05) is 24.3 Å². The number of nitrogens with zero attached hydrogens (tertiary/aromatic N) is 3. The van der Waals surface area contributed by atoms with Crippen LogP contribution in [0.1, 0.15) is 46.9 Å². The minimum absolute atomic E-state index is 0.407. The third-order valence-corrected chi connectivity index (χ3v) is 6.30. The highest BCUT2D eigenvalue weighted by Gasteiger charge is 2.34. The highest BCUT2D eigenvalue weighted by Crippen LogP contribution is 2.37. The van der Waals surface area contributed by atoms with Crippen LogP contribution in [0.3, 0.4) is 0 Å². The van der Waals surface area contributed by atoms with Gasteiger partial charge in [0.2, 0.25) is 0 Å². The molecule has 1 atom stereocenters. The third kappa shape index (κ3) is 3.62. The Morgan fingerprint density at radius 3 is 2.66 bits per heavy atom. The van der Waals surface area contributed by atoms with Crippen molar-refractivity contribution in [3.63, 3.8) is 0 Å². The van der Waals surface area contributed by atoms with E-state index in [1.807, 2.05) is 16.9 Å². The first-order valence-electron chi connectivity index (χ1n) is 10.4. The second-order valence-electron chi connectivity index (χ2n) is 8.16. The molecule has 5 nitrogen and oxygen atoms in total. The van der Waals surface area contributed by atoms with Crippen LogP contribution in [0.4, 0.5) is 0 Å². The molecule has 2 aromatic carbocycles. The Balaban J connectivity index is 1.35. The highest BCUT2D eigenvalue weighted by molar-refractivity contribution is 5.44. The molecule has 1 saturated heterocycles. The molecular weight excluding hydrogens is 362 g/mol. The van der Waals surface area contributed by atoms with Crippen LogP contribution in [0.5, 0.6) is 0 Å². The van der Waals surface area contributed by atoms with Crippen LogP contribution in [-0.4, -0.2) is 39.0 Å². The number of aryl methyl sites for hydroxylation is 1. The number of benzene rings is 2. The normalized spacial score (nSPS) is 20.1. The average Bonchev–Trinajstić information content (AvgIpc) is 3.39. The Hall–Kier alpha value is -2.47.